The summed E-state index contributed by atoms with van der Waals surface area (Å²) in [5.74, 6) is 0.484. The van der Waals surface area contributed by atoms with Crippen molar-refractivity contribution in [2.24, 2.45) is 0 Å². The minimum atomic E-state index is 0.0736. The molecule has 1 amide bonds. The summed E-state index contributed by atoms with van der Waals surface area (Å²) in [6, 6.07) is 0.199. The Labute approximate surface area is 129 Å². The lowest BCUT2D eigenvalue weighted by Gasteiger charge is -2.15. The maximum absolute atomic E-state index is 11.9. The normalized spacial score (nSPS) is 14.3. The number of nitrogens with one attached hydrogen (secondary N) is 1. The molecule has 8 heteroatoms. The first-order valence-corrected chi connectivity index (χ1v) is 7.63. The molecule has 0 radical (unpaired) electrons. The molecular formula is C13H20ClN5O2. The maximum atomic E-state index is 11.9. The Morgan fingerprint density at radius 1 is 1.33 bits per heavy atom. The largest absolute Gasteiger partial charge is 0.463 e. The number of anilines is 1. The van der Waals surface area contributed by atoms with Gasteiger partial charge in [0, 0.05) is 26.1 Å². The van der Waals surface area contributed by atoms with Crippen molar-refractivity contribution in [1.82, 2.24) is 19.9 Å². The predicted octanol–water partition coefficient (Wildman–Crippen LogP) is 1.74. The first-order chi connectivity index (χ1) is 10.2. The first kappa shape index (κ1) is 15.8. The molecule has 1 fully saturated rings. The van der Waals surface area contributed by atoms with Gasteiger partial charge in [-0.3, -0.25) is 4.79 Å². The van der Waals surface area contributed by atoms with E-state index in [1.807, 2.05) is 11.8 Å². The number of aromatic nitrogens is 3. The number of ether oxygens (including phenoxy) is 1. The van der Waals surface area contributed by atoms with Crippen LogP contribution in [0.25, 0.3) is 0 Å². The molecule has 0 unspecified atom stereocenters. The van der Waals surface area contributed by atoms with Gasteiger partial charge in [0.25, 0.3) is 0 Å². The molecule has 0 aliphatic carbocycles. The standard InChI is InChI=1S/C13H20ClN5O2/c1-2-9-21-13-17-11(14)16-12(18-13)15-6-5-10(20)19-7-3-4-8-19/h2-9H2,1H3,(H,15,16,17,18). The molecule has 1 saturated heterocycles. The van der Waals surface area contributed by atoms with E-state index in [1.54, 1.807) is 0 Å². The molecule has 1 N–H and O–H groups in total. The highest BCUT2D eigenvalue weighted by Crippen LogP contribution is 2.12. The van der Waals surface area contributed by atoms with E-state index >= 15 is 0 Å². The van der Waals surface area contributed by atoms with Gasteiger partial charge in [0.2, 0.25) is 17.1 Å². The number of nitrogens with zero attached hydrogens (tertiary/aromatic N) is 4. The second kappa shape index (κ2) is 7.97. The fourth-order valence-corrected chi connectivity index (χ4v) is 2.23. The lowest BCUT2D eigenvalue weighted by molar-refractivity contribution is -0.129. The van der Waals surface area contributed by atoms with Crippen LogP contribution in [0.3, 0.4) is 0 Å². The Bertz CT molecular complexity index is 480. The van der Waals surface area contributed by atoms with Crippen molar-refractivity contribution in [3.63, 3.8) is 0 Å². The number of carbonyl (C=O) groups is 1. The Hall–Kier alpha value is -1.63. The summed E-state index contributed by atoms with van der Waals surface area (Å²) < 4.78 is 5.32. The molecule has 1 aromatic rings. The molecule has 21 heavy (non-hydrogen) atoms. The average Bonchev–Trinajstić information content (AvgIpc) is 2.99. The topological polar surface area (TPSA) is 80.2 Å². The van der Waals surface area contributed by atoms with E-state index in [-0.39, 0.29) is 17.2 Å². The highest BCUT2D eigenvalue weighted by molar-refractivity contribution is 6.28. The molecule has 116 valence electrons. The lowest BCUT2D eigenvalue weighted by Crippen LogP contribution is -2.29. The van der Waals surface area contributed by atoms with Gasteiger partial charge in [-0.15, -0.1) is 0 Å². The smallest absolute Gasteiger partial charge is 0.322 e. The van der Waals surface area contributed by atoms with Gasteiger partial charge in [0.15, 0.2) is 0 Å². The number of hydrogen-bond donors (Lipinski definition) is 1. The van der Waals surface area contributed by atoms with Gasteiger partial charge in [0.05, 0.1) is 6.61 Å². The van der Waals surface area contributed by atoms with Gasteiger partial charge >= 0.3 is 6.01 Å². The summed E-state index contributed by atoms with van der Waals surface area (Å²) in [7, 11) is 0. The minimum absolute atomic E-state index is 0.0736. The third kappa shape index (κ3) is 5.00. The van der Waals surface area contributed by atoms with Gasteiger partial charge < -0.3 is 15.0 Å². The zero-order valence-electron chi connectivity index (χ0n) is 12.1. The average molecular weight is 314 g/mol. The van der Waals surface area contributed by atoms with Crippen molar-refractivity contribution < 1.29 is 9.53 Å². The first-order valence-electron chi connectivity index (χ1n) is 7.25. The van der Waals surface area contributed by atoms with E-state index in [2.05, 4.69) is 20.3 Å². The van der Waals surface area contributed by atoms with Crippen molar-refractivity contribution in [2.45, 2.75) is 32.6 Å². The van der Waals surface area contributed by atoms with Crippen LogP contribution in [0.5, 0.6) is 6.01 Å². The number of hydrogen-bond acceptors (Lipinski definition) is 6. The van der Waals surface area contributed by atoms with E-state index in [4.69, 9.17) is 16.3 Å². The van der Waals surface area contributed by atoms with Crippen molar-refractivity contribution in [3.8, 4) is 6.01 Å². The molecule has 2 rings (SSSR count). The van der Waals surface area contributed by atoms with Crippen LogP contribution in [-0.2, 0) is 4.79 Å². The zero-order valence-corrected chi connectivity index (χ0v) is 12.9. The molecule has 0 bridgehead atoms. The van der Waals surface area contributed by atoms with Crippen molar-refractivity contribution in [1.29, 1.82) is 0 Å². The molecule has 0 aromatic carbocycles. The van der Waals surface area contributed by atoms with Crippen LogP contribution in [-0.4, -0.2) is 52.0 Å². The Balaban J connectivity index is 1.81. The highest BCUT2D eigenvalue weighted by atomic mass is 35.5. The number of rotatable bonds is 7. The monoisotopic (exact) mass is 313 g/mol. The highest BCUT2D eigenvalue weighted by Gasteiger charge is 2.17. The summed E-state index contributed by atoms with van der Waals surface area (Å²) in [6.07, 6.45) is 3.46. The summed E-state index contributed by atoms with van der Waals surface area (Å²) in [5, 5.41) is 3.06. The number of amides is 1. The fraction of sp³-hybridized carbons (Fsp3) is 0.692. The summed E-state index contributed by atoms with van der Waals surface area (Å²) in [6.45, 7) is 4.71. The summed E-state index contributed by atoms with van der Waals surface area (Å²) >= 11 is 5.82. The van der Waals surface area contributed by atoms with E-state index in [9.17, 15) is 4.79 Å². The Kier molecular flexibility index (Phi) is 5.98. The van der Waals surface area contributed by atoms with Gasteiger partial charge in [-0.25, -0.2) is 0 Å². The van der Waals surface area contributed by atoms with Crippen LogP contribution in [0.1, 0.15) is 32.6 Å². The minimum Gasteiger partial charge on any atom is -0.463 e. The number of likely N-dealkylation sites (tertiary alicyclic amines) is 1. The van der Waals surface area contributed by atoms with Crippen LogP contribution in [0.2, 0.25) is 5.28 Å². The quantitative estimate of drug-likeness (QED) is 0.826. The number of halogens is 1. The second-order valence-corrected chi connectivity index (χ2v) is 5.16. The van der Waals surface area contributed by atoms with Crippen LogP contribution >= 0.6 is 11.6 Å². The molecular weight excluding hydrogens is 294 g/mol. The van der Waals surface area contributed by atoms with Gasteiger partial charge in [-0.1, -0.05) is 6.92 Å². The summed E-state index contributed by atoms with van der Waals surface area (Å²) in [5.41, 5.74) is 0. The second-order valence-electron chi connectivity index (χ2n) is 4.82. The van der Waals surface area contributed by atoms with Crippen molar-refractivity contribution in [3.05, 3.63) is 5.28 Å². The lowest BCUT2D eigenvalue weighted by atomic mass is 10.3. The third-order valence-corrected chi connectivity index (χ3v) is 3.27. The van der Waals surface area contributed by atoms with Crippen LogP contribution in [0.15, 0.2) is 0 Å². The summed E-state index contributed by atoms with van der Waals surface area (Å²) in [4.78, 5) is 25.7. The zero-order chi connectivity index (χ0) is 15.1. The van der Waals surface area contributed by atoms with Gasteiger partial charge in [0.1, 0.15) is 0 Å². The van der Waals surface area contributed by atoms with Crippen LogP contribution < -0.4 is 10.1 Å². The third-order valence-electron chi connectivity index (χ3n) is 3.10. The molecule has 7 nitrogen and oxygen atoms in total. The Morgan fingerprint density at radius 3 is 2.81 bits per heavy atom. The fourth-order valence-electron chi connectivity index (χ4n) is 2.07. The van der Waals surface area contributed by atoms with Crippen LogP contribution in [0, 0.1) is 0 Å². The van der Waals surface area contributed by atoms with Crippen molar-refractivity contribution >= 4 is 23.5 Å². The SMILES string of the molecule is CCCOc1nc(Cl)nc(NCCC(=O)N2CCCC2)n1. The van der Waals surface area contributed by atoms with Gasteiger partial charge in [-0.05, 0) is 30.9 Å². The molecule has 0 atom stereocenters. The molecule has 0 saturated carbocycles. The van der Waals surface area contributed by atoms with Crippen molar-refractivity contribution in [2.75, 3.05) is 31.6 Å². The van der Waals surface area contributed by atoms with E-state index < -0.39 is 0 Å². The van der Waals surface area contributed by atoms with E-state index in [0.29, 0.717) is 25.5 Å². The molecule has 1 aromatic heterocycles. The van der Waals surface area contributed by atoms with E-state index in [0.717, 1.165) is 32.4 Å². The molecule has 0 spiro atoms. The molecule has 1 aliphatic heterocycles. The number of carbonyl (C=O) groups excluding carboxylic acids is 1. The molecule has 2 heterocycles. The molecule has 1 aliphatic rings. The maximum Gasteiger partial charge on any atom is 0.322 e. The Morgan fingerprint density at radius 2 is 2.10 bits per heavy atom. The predicted molar refractivity (Wildman–Crippen MR) is 79.5 cm³/mol. The van der Waals surface area contributed by atoms with Crippen LogP contribution in [0.4, 0.5) is 5.95 Å². The van der Waals surface area contributed by atoms with Gasteiger partial charge in [-0.2, -0.15) is 15.0 Å². The van der Waals surface area contributed by atoms with E-state index in [1.165, 1.54) is 0 Å².